The van der Waals surface area contributed by atoms with E-state index in [1.54, 1.807) is 0 Å². The van der Waals surface area contributed by atoms with Crippen molar-refractivity contribution in [3.05, 3.63) is 27.2 Å². The lowest BCUT2D eigenvalue weighted by molar-refractivity contribution is 0.0949. The predicted molar refractivity (Wildman–Crippen MR) is 81.8 cm³/mol. The molecule has 0 bridgehead atoms. The Kier molecular flexibility index (Phi) is 4.69. The van der Waals surface area contributed by atoms with E-state index in [1.165, 1.54) is 12.1 Å². The highest BCUT2D eigenvalue weighted by Gasteiger charge is 2.37. The highest BCUT2D eigenvalue weighted by molar-refractivity contribution is 9.10. The summed E-state index contributed by atoms with van der Waals surface area (Å²) in [5.74, 6) is 0.106. The molecule has 0 radical (unpaired) electrons. The first-order valence-electron chi connectivity index (χ1n) is 5.98. The zero-order valence-corrected chi connectivity index (χ0v) is 14.4. The Labute approximate surface area is 135 Å². The number of hydrogen-bond acceptors (Lipinski definition) is 3. The number of rotatable bonds is 4. The number of hydrogen-bond donors (Lipinski definition) is 1. The molecule has 0 aromatic heterocycles. The van der Waals surface area contributed by atoms with Crippen molar-refractivity contribution in [3.8, 4) is 0 Å². The summed E-state index contributed by atoms with van der Waals surface area (Å²) < 4.78 is 23.1. The molecule has 2 rings (SSSR count). The average Bonchev–Trinajstić information content (AvgIpc) is 3.05. The van der Waals surface area contributed by atoms with E-state index in [2.05, 4.69) is 28.2 Å². The van der Waals surface area contributed by atoms with Crippen LogP contribution in [0.4, 0.5) is 0 Å². The molecule has 20 heavy (non-hydrogen) atoms. The van der Waals surface area contributed by atoms with Crippen LogP contribution >= 0.6 is 38.2 Å². The fourth-order valence-electron chi connectivity index (χ4n) is 2.01. The maximum atomic E-state index is 12.1. The summed E-state index contributed by atoms with van der Waals surface area (Å²) in [6.45, 7) is 2.06. The molecule has 0 spiro atoms. The van der Waals surface area contributed by atoms with Gasteiger partial charge in [0.05, 0.1) is 15.5 Å². The maximum absolute atomic E-state index is 12.1. The van der Waals surface area contributed by atoms with Gasteiger partial charge in [-0.2, -0.15) is 0 Å². The molecule has 0 saturated heterocycles. The van der Waals surface area contributed by atoms with Crippen LogP contribution in [0.2, 0.25) is 5.02 Å². The van der Waals surface area contributed by atoms with Crippen molar-refractivity contribution in [3.63, 3.8) is 0 Å². The van der Waals surface area contributed by atoms with E-state index in [1.807, 2.05) is 0 Å². The molecule has 110 valence electrons. The first-order chi connectivity index (χ1) is 9.24. The van der Waals surface area contributed by atoms with Crippen LogP contribution < -0.4 is 5.32 Å². The topological polar surface area (TPSA) is 63.2 Å². The van der Waals surface area contributed by atoms with Gasteiger partial charge in [0.2, 0.25) is 0 Å². The molecule has 0 aliphatic heterocycles. The molecule has 1 amide bonds. The molecule has 1 N–H and O–H groups in total. The lowest BCUT2D eigenvalue weighted by atomic mass is 10.2. The number of benzene rings is 1. The summed E-state index contributed by atoms with van der Waals surface area (Å²) in [5.41, 5.74) is 0.107. The third-order valence-electron chi connectivity index (χ3n) is 3.29. The minimum Gasteiger partial charge on any atom is -0.349 e. The second-order valence-electron chi connectivity index (χ2n) is 4.68. The van der Waals surface area contributed by atoms with Gasteiger partial charge in [0, 0.05) is 21.2 Å². The molecule has 1 aromatic rings. The minimum absolute atomic E-state index is 0.107. The Bertz CT molecular complexity index is 663. The van der Waals surface area contributed by atoms with Crippen LogP contribution in [-0.4, -0.2) is 20.4 Å². The molecule has 1 aliphatic rings. The van der Waals surface area contributed by atoms with E-state index in [-0.39, 0.29) is 31.9 Å². The van der Waals surface area contributed by atoms with Crippen molar-refractivity contribution in [2.75, 3.05) is 0 Å². The largest absolute Gasteiger partial charge is 0.349 e. The van der Waals surface area contributed by atoms with E-state index >= 15 is 0 Å². The van der Waals surface area contributed by atoms with Crippen molar-refractivity contribution in [1.29, 1.82) is 0 Å². The van der Waals surface area contributed by atoms with Gasteiger partial charge in [0.15, 0.2) is 0 Å². The van der Waals surface area contributed by atoms with Gasteiger partial charge in [-0.15, -0.1) is 0 Å². The Morgan fingerprint density at radius 1 is 1.50 bits per heavy atom. The Balaban J connectivity index is 2.30. The highest BCUT2D eigenvalue weighted by Crippen LogP contribution is 2.35. The third-order valence-corrected chi connectivity index (χ3v) is 5.89. The Morgan fingerprint density at radius 2 is 2.15 bits per heavy atom. The quantitative estimate of drug-likeness (QED) is 0.786. The summed E-state index contributed by atoms with van der Waals surface area (Å²) in [6, 6.07) is 2.69. The average molecular weight is 401 g/mol. The molecule has 1 aliphatic carbocycles. The standard InChI is InChI=1S/C12H12BrCl2NO3S/c1-2-6-3-10(6)16-12(17)7-4-11(20(15,18)19)8(13)5-9(7)14/h4-6,10H,2-3H2,1H3,(H,16,17). The number of carbonyl (C=O) groups excluding carboxylic acids is 1. The zero-order chi connectivity index (χ0) is 15.1. The molecule has 2 unspecified atom stereocenters. The zero-order valence-electron chi connectivity index (χ0n) is 10.5. The lowest BCUT2D eigenvalue weighted by Crippen LogP contribution is -2.27. The first-order valence-corrected chi connectivity index (χ1v) is 9.46. The van der Waals surface area contributed by atoms with Crippen LogP contribution in [0, 0.1) is 5.92 Å². The summed E-state index contributed by atoms with van der Waals surface area (Å²) in [5, 5.41) is 3.01. The Hall–Kier alpha value is -0.300. The molecule has 1 fully saturated rings. The summed E-state index contributed by atoms with van der Waals surface area (Å²) >= 11 is 9.06. The van der Waals surface area contributed by atoms with Crippen LogP contribution in [0.15, 0.2) is 21.5 Å². The van der Waals surface area contributed by atoms with Gasteiger partial charge in [0.25, 0.3) is 15.0 Å². The monoisotopic (exact) mass is 399 g/mol. The van der Waals surface area contributed by atoms with Gasteiger partial charge < -0.3 is 5.32 Å². The van der Waals surface area contributed by atoms with Gasteiger partial charge in [-0.25, -0.2) is 8.42 Å². The molecule has 1 aromatic carbocycles. The third kappa shape index (κ3) is 3.47. The van der Waals surface area contributed by atoms with Gasteiger partial charge in [-0.3, -0.25) is 4.79 Å². The van der Waals surface area contributed by atoms with Crippen LogP contribution in [-0.2, 0) is 9.05 Å². The number of carbonyl (C=O) groups is 1. The van der Waals surface area contributed by atoms with E-state index < -0.39 is 9.05 Å². The number of halogens is 3. The second kappa shape index (κ2) is 5.83. The summed E-state index contributed by atoms with van der Waals surface area (Å²) in [4.78, 5) is 11.9. The lowest BCUT2D eigenvalue weighted by Gasteiger charge is -2.09. The van der Waals surface area contributed by atoms with E-state index in [9.17, 15) is 13.2 Å². The normalized spacial score (nSPS) is 21.6. The Morgan fingerprint density at radius 3 is 2.65 bits per heavy atom. The molecule has 1 saturated carbocycles. The van der Waals surface area contributed by atoms with Gasteiger partial charge in [-0.05, 0) is 40.4 Å². The minimum atomic E-state index is -3.95. The molecular formula is C12H12BrCl2NO3S. The van der Waals surface area contributed by atoms with Crippen molar-refractivity contribution in [2.24, 2.45) is 5.92 Å². The van der Waals surface area contributed by atoms with Crippen molar-refractivity contribution < 1.29 is 13.2 Å². The predicted octanol–water partition coefficient (Wildman–Crippen LogP) is 3.56. The highest BCUT2D eigenvalue weighted by atomic mass is 79.9. The summed E-state index contributed by atoms with van der Waals surface area (Å²) in [6.07, 6.45) is 1.94. The van der Waals surface area contributed by atoms with Crippen molar-refractivity contribution >= 4 is 53.2 Å². The van der Waals surface area contributed by atoms with Gasteiger partial charge >= 0.3 is 0 Å². The van der Waals surface area contributed by atoms with Crippen molar-refractivity contribution in [2.45, 2.75) is 30.7 Å². The second-order valence-corrected chi connectivity index (χ2v) is 8.48. The van der Waals surface area contributed by atoms with Crippen LogP contribution in [0.5, 0.6) is 0 Å². The van der Waals surface area contributed by atoms with Crippen LogP contribution in [0.25, 0.3) is 0 Å². The van der Waals surface area contributed by atoms with E-state index in [0.29, 0.717) is 5.92 Å². The smallest absolute Gasteiger partial charge is 0.262 e. The summed E-state index contributed by atoms with van der Waals surface area (Å²) in [7, 11) is 1.38. The molecule has 8 heteroatoms. The SMILES string of the molecule is CCC1CC1NC(=O)c1cc(S(=O)(=O)Cl)c(Br)cc1Cl. The van der Waals surface area contributed by atoms with Gasteiger partial charge in [0.1, 0.15) is 0 Å². The molecule has 0 heterocycles. The number of amides is 1. The van der Waals surface area contributed by atoms with Gasteiger partial charge in [-0.1, -0.05) is 24.9 Å². The van der Waals surface area contributed by atoms with E-state index in [4.69, 9.17) is 22.3 Å². The van der Waals surface area contributed by atoms with E-state index in [0.717, 1.165) is 12.8 Å². The van der Waals surface area contributed by atoms with Crippen molar-refractivity contribution in [1.82, 2.24) is 5.32 Å². The number of nitrogens with one attached hydrogen (secondary N) is 1. The fraction of sp³-hybridized carbons (Fsp3) is 0.417. The molecular weight excluding hydrogens is 389 g/mol. The molecule has 2 atom stereocenters. The van der Waals surface area contributed by atoms with Crippen LogP contribution in [0.1, 0.15) is 30.1 Å². The maximum Gasteiger partial charge on any atom is 0.262 e. The first kappa shape index (κ1) is 16.1. The fourth-order valence-corrected chi connectivity index (χ4v) is 4.59. The van der Waals surface area contributed by atoms with Crippen LogP contribution in [0.3, 0.4) is 0 Å². The molecule has 4 nitrogen and oxygen atoms in total.